The highest BCUT2D eigenvalue weighted by molar-refractivity contribution is 7.89. The van der Waals surface area contributed by atoms with E-state index in [2.05, 4.69) is 11.7 Å². The molecule has 0 bridgehead atoms. The first-order valence-electron chi connectivity index (χ1n) is 6.04. The van der Waals surface area contributed by atoms with Gasteiger partial charge in [-0.1, -0.05) is 11.2 Å². The Balaban J connectivity index is 3.13. The molecule has 0 amide bonds. The molecule has 8 heteroatoms. The fourth-order valence-corrected chi connectivity index (χ4v) is 3.36. The van der Waals surface area contributed by atoms with E-state index in [1.807, 2.05) is 0 Å². The van der Waals surface area contributed by atoms with E-state index in [0.29, 0.717) is 0 Å². The molecule has 0 spiro atoms. The summed E-state index contributed by atoms with van der Waals surface area (Å²) in [5.41, 5.74) is 0.250. The molecule has 1 rings (SSSR count). The maximum atomic E-state index is 12.5. The predicted octanol–water partition coefficient (Wildman–Crippen LogP) is 1.03. The second-order valence-electron chi connectivity index (χ2n) is 4.04. The Hall–Kier alpha value is -1.67. The van der Waals surface area contributed by atoms with Crippen molar-refractivity contribution in [3.8, 4) is 0 Å². The Morgan fingerprint density at radius 1 is 1.50 bits per heavy atom. The van der Waals surface area contributed by atoms with Crippen molar-refractivity contribution in [3.05, 3.63) is 24.1 Å². The number of ether oxygens (including phenoxy) is 1. The summed E-state index contributed by atoms with van der Waals surface area (Å²) < 4.78 is 35.7. The Morgan fingerprint density at radius 2 is 2.15 bits per heavy atom. The lowest BCUT2D eigenvalue weighted by atomic mass is 10.4. The van der Waals surface area contributed by atoms with E-state index >= 15 is 0 Å². The number of esters is 1. The Kier molecular flexibility index (Phi) is 5.46. The van der Waals surface area contributed by atoms with Crippen LogP contribution < -0.4 is 0 Å². The van der Waals surface area contributed by atoms with Gasteiger partial charge in [-0.15, -0.1) is 6.58 Å². The minimum absolute atomic E-state index is 0.00872. The van der Waals surface area contributed by atoms with E-state index in [0.717, 1.165) is 4.31 Å². The van der Waals surface area contributed by atoms with Crippen molar-refractivity contribution < 1.29 is 22.5 Å². The van der Waals surface area contributed by atoms with Crippen molar-refractivity contribution in [2.24, 2.45) is 0 Å². The van der Waals surface area contributed by atoms with Gasteiger partial charge in [-0.2, -0.15) is 4.31 Å². The number of rotatable bonds is 7. The van der Waals surface area contributed by atoms with Gasteiger partial charge < -0.3 is 9.26 Å². The lowest BCUT2D eigenvalue weighted by Gasteiger charge is -2.19. The van der Waals surface area contributed by atoms with Gasteiger partial charge in [0.15, 0.2) is 5.76 Å². The Labute approximate surface area is 118 Å². The van der Waals surface area contributed by atoms with Gasteiger partial charge in [0.05, 0.1) is 6.61 Å². The smallest absolute Gasteiger partial charge is 0.321 e. The quantitative estimate of drug-likeness (QED) is 0.552. The zero-order chi connectivity index (χ0) is 15.3. The number of aryl methyl sites for hydroxylation is 2. The summed E-state index contributed by atoms with van der Waals surface area (Å²) in [6, 6.07) is 0. The fraction of sp³-hybridized carbons (Fsp3) is 0.500. The highest BCUT2D eigenvalue weighted by atomic mass is 32.2. The van der Waals surface area contributed by atoms with Crippen LogP contribution in [0.3, 0.4) is 0 Å². The molecule has 1 heterocycles. The molecule has 0 saturated heterocycles. The van der Waals surface area contributed by atoms with Crippen molar-refractivity contribution in [2.75, 3.05) is 19.7 Å². The molecule has 0 aromatic carbocycles. The van der Waals surface area contributed by atoms with Gasteiger partial charge in [0.1, 0.15) is 17.1 Å². The molecule has 0 aliphatic heterocycles. The van der Waals surface area contributed by atoms with E-state index in [1.54, 1.807) is 6.92 Å². The molecule has 0 radical (unpaired) electrons. The molecule has 112 valence electrons. The molecule has 0 N–H and O–H groups in total. The van der Waals surface area contributed by atoms with Crippen molar-refractivity contribution in [1.82, 2.24) is 9.46 Å². The minimum atomic E-state index is -3.89. The molecule has 0 unspecified atom stereocenters. The average molecular weight is 302 g/mol. The van der Waals surface area contributed by atoms with Crippen LogP contribution in [0.25, 0.3) is 0 Å². The number of aromatic nitrogens is 1. The van der Waals surface area contributed by atoms with Crippen molar-refractivity contribution in [2.45, 2.75) is 25.7 Å². The average Bonchev–Trinajstić information content (AvgIpc) is 2.69. The zero-order valence-corrected chi connectivity index (χ0v) is 12.6. The standard InChI is InChI=1S/C12H18N2O5S/c1-5-7-14(8-11(15)18-6-2)20(16,17)12-9(3)13-19-10(12)4/h5H,1,6-8H2,2-4H3. The number of sulfonamides is 1. The molecule has 1 aromatic rings. The van der Waals surface area contributed by atoms with Crippen molar-refractivity contribution >= 4 is 16.0 Å². The van der Waals surface area contributed by atoms with Gasteiger partial charge in [0.25, 0.3) is 0 Å². The molecule has 7 nitrogen and oxygen atoms in total. The molecular weight excluding hydrogens is 284 g/mol. The van der Waals surface area contributed by atoms with Gasteiger partial charge in [-0.05, 0) is 20.8 Å². The number of hydrogen-bond acceptors (Lipinski definition) is 6. The van der Waals surface area contributed by atoms with Crippen LogP contribution in [0.4, 0.5) is 0 Å². The van der Waals surface area contributed by atoms with E-state index in [-0.39, 0.29) is 36.0 Å². The van der Waals surface area contributed by atoms with Crippen LogP contribution >= 0.6 is 0 Å². The van der Waals surface area contributed by atoms with Crippen LogP contribution in [0.5, 0.6) is 0 Å². The largest absolute Gasteiger partial charge is 0.465 e. The van der Waals surface area contributed by atoms with Crippen LogP contribution in [0.15, 0.2) is 22.1 Å². The molecule has 0 saturated carbocycles. The zero-order valence-electron chi connectivity index (χ0n) is 11.7. The fourth-order valence-electron chi connectivity index (χ4n) is 1.71. The SMILES string of the molecule is C=CCN(CC(=O)OCC)S(=O)(=O)c1c(C)noc1C. The molecule has 0 fully saturated rings. The van der Waals surface area contributed by atoms with E-state index in [1.165, 1.54) is 19.9 Å². The van der Waals surface area contributed by atoms with E-state index < -0.39 is 16.0 Å². The molecular formula is C12H18N2O5S. The summed E-state index contributed by atoms with van der Waals surface area (Å²) in [6.45, 7) is 7.97. The number of nitrogens with zero attached hydrogens (tertiary/aromatic N) is 2. The summed E-state index contributed by atoms with van der Waals surface area (Å²) in [5.74, 6) is -0.440. The molecule has 0 aliphatic carbocycles. The van der Waals surface area contributed by atoms with Gasteiger partial charge in [-0.3, -0.25) is 4.79 Å². The Morgan fingerprint density at radius 3 is 2.60 bits per heavy atom. The normalized spacial score (nSPS) is 11.6. The maximum absolute atomic E-state index is 12.5. The first kappa shape index (κ1) is 16.4. The lowest BCUT2D eigenvalue weighted by Crippen LogP contribution is -2.37. The van der Waals surface area contributed by atoms with E-state index in [4.69, 9.17) is 9.26 Å². The lowest BCUT2D eigenvalue weighted by molar-refractivity contribution is -0.143. The summed E-state index contributed by atoms with van der Waals surface area (Å²) in [4.78, 5) is 11.5. The first-order valence-corrected chi connectivity index (χ1v) is 7.48. The minimum Gasteiger partial charge on any atom is -0.465 e. The van der Waals surface area contributed by atoms with Crippen LogP contribution in [-0.4, -0.2) is 43.5 Å². The van der Waals surface area contributed by atoms with Gasteiger partial charge >= 0.3 is 5.97 Å². The number of carbonyl (C=O) groups is 1. The second kappa shape index (κ2) is 6.67. The summed E-state index contributed by atoms with van der Waals surface area (Å²) in [5, 5.41) is 3.62. The third-order valence-electron chi connectivity index (χ3n) is 2.51. The van der Waals surface area contributed by atoms with Gasteiger partial charge in [0, 0.05) is 6.54 Å². The monoisotopic (exact) mass is 302 g/mol. The highest BCUT2D eigenvalue weighted by Crippen LogP contribution is 2.23. The summed E-state index contributed by atoms with van der Waals surface area (Å²) in [7, 11) is -3.89. The molecule has 0 aliphatic rings. The molecule has 0 atom stereocenters. The number of hydrogen-bond donors (Lipinski definition) is 0. The highest BCUT2D eigenvalue weighted by Gasteiger charge is 2.31. The summed E-state index contributed by atoms with van der Waals surface area (Å²) in [6.07, 6.45) is 1.40. The van der Waals surface area contributed by atoms with Crippen LogP contribution in [-0.2, 0) is 19.6 Å². The van der Waals surface area contributed by atoms with E-state index in [9.17, 15) is 13.2 Å². The van der Waals surface area contributed by atoms with Crippen molar-refractivity contribution in [3.63, 3.8) is 0 Å². The van der Waals surface area contributed by atoms with Crippen molar-refractivity contribution in [1.29, 1.82) is 0 Å². The predicted molar refractivity (Wildman–Crippen MR) is 71.6 cm³/mol. The van der Waals surface area contributed by atoms with Gasteiger partial charge in [0.2, 0.25) is 10.0 Å². The van der Waals surface area contributed by atoms with Gasteiger partial charge in [-0.25, -0.2) is 8.42 Å². The first-order chi connectivity index (χ1) is 9.34. The van der Waals surface area contributed by atoms with Crippen LogP contribution in [0, 0.1) is 13.8 Å². The molecule has 20 heavy (non-hydrogen) atoms. The number of carbonyl (C=O) groups excluding carboxylic acids is 1. The summed E-state index contributed by atoms with van der Waals surface area (Å²) >= 11 is 0. The Bertz CT molecular complexity index is 571. The maximum Gasteiger partial charge on any atom is 0.321 e. The van der Waals surface area contributed by atoms with Crippen LogP contribution in [0.1, 0.15) is 18.4 Å². The molecule has 1 aromatic heterocycles. The van der Waals surface area contributed by atoms with Crippen LogP contribution in [0.2, 0.25) is 0 Å². The topological polar surface area (TPSA) is 89.7 Å². The third kappa shape index (κ3) is 3.45. The second-order valence-corrected chi connectivity index (χ2v) is 5.92. The third-order valence-corrected chi connectivity index (χ3v) is 4.57.